The summed E-state index contributed by atoms with van der Waals surface area (Å²) in [4.78, 5) is 12.3. The summed E-state index contributed by atoms with van der Waals surface area (Å²) in [5, 5.41) is 6.94. The van der Waals surface area contributed by atoms with Crippen molar-refractivity contribution < 1.29 is 14.3 Å². The summed E-state index contributed by atoms with van der Waals surface area (Å²) in [6, 6.07) is 26.4. The molecule has 0 spiro atoms. The van der Waals surface area contributed by atoms with E-state index in [0.717, 1.165) is 16.3 Å². The van der Waals surface area contributed by atoms with Crippen LogP contribution in [-0.4, -0.2) is 19.2 Å². The molecule has 4 aromatic rings. The van der Waals surface area contributed by atoms with E-state index in [1.165, 1.54) is 6.21 Å². The molecule has 0 saturated carbocycles. The number of hydrogen-bond donors (Lipinski definition) is 1. The number of nitrogens with one attached hydrogen (secondary N) is 1. The molecular formula is C26H21ClN2O3. The SMILES string of the molecule is COc1cccc(/C=N\NC(=O)c2ccc(Cl)cc2)c1OCc1cccc2ccccc12. The maximum Gasteiger partial charge on any atom is 0.271 e. The third-order valence-electron chi connectivity index (χ3n) is 4.96. The van der Waals surface area contributed by atoms with Gasteiger partial charge in [0.25, 0.3) is 5.91 Å². The van der Waals surface area contributed by atoms with E-state index in [1.807, 2.05) is 42.5 Å². The summed E-state index contributed by atoms with van der Waals surface area (Å²) in [6.07, 6.45) is 1.54. The predicted molar refractivity (Wildman–Crippen MR) is 128 cm³/mol. The number of amides is 1. The molecule has 0 aliphatic carbocycles. The third-order valence-corrected chi connectivity index (χ3v) is 5.21. The van der Waals surface area contributed by atoms with Gasteiger partial charge in [0.05, 0.1) is 13.3 Å². The number of benzene rings is 4. The zero-order valence-electron chi connectivity index (χ0n) is 17.4. The van der Waals surface area contributed by atoms with E-state index in [4.69, 9.17) is 21.1 Å². The van der Waals surface area contributed by atoms with E-state index in [1.54, 1.807) is 31.4 Å². The molecule has 0 radical (unpaired) electrons. The molecule has 0 atom stereocenters. The van der Waals surface area contributed by atoms with Crippen molar-refractivity contribution in [3.8, 4) is 11.5 Å². The summed E-state index contributed by atoms with van der Waals surface area (Å²) in [5.74, 6) is 0.796. The minimum atomic E-state index is -0.334. The number of rotatable bonds is 7. The Balaban J connectivity index is 1.53. The minimum Gasteiger partial charge on any atom is -0.493 e. The van der Waals surface area contributed by atoms with E-state index in [0.29, 0.717) is 34.3 Å². The molecule has 1 N–H and O–H groups in total. The Labute approximate surface area is 191 Å². The van der Waals surface area contributed by atoms with Gasteiger partial charge in [-0.05, 0) is 52.7 Å². The molecule has 0 aliphatic rings. The fourth-order valence-corrected chi connectivity index (χ4v) is 3.47. The topological polar surface area (TPSA) is 59.9 Å². The van der Waals surface area contributed by atoms with Crippen molar-refractivity contribution in [1.29, 1.82) is 0 Å². The lowest BCUT2D eigenvalue weighted by atomic mass is 10.1. The molecule has 0 bridgehead atoms. The molecule has 1 amide bonds. The first kappa shape index (κ1) is 21.4. The van der Waals surface area contributed by atoms with Gasteiger partial charge in [-0.25, -0.2) is 5.43 Å². The molecule has 0 fully saturated rings. The number of fused-ring (bicyclic) bond motifs is 1. The van der Waals surface area contributed by atoms with Crippen molar-refractivity contribution in [2.24, 2.45) is 5.10 Å². The highest BCUT2D eigenvalue weighted by atomic mass is 35.5. The fourth-order valence-electron chi connectivity index (χ4n) is 3.34. The van der Waals surface area contributed by atoms with Crippen molar-refractivity contribution in [2.75, 3.05) is 7.11 Å². The molecule has 6 heteroatoms. The van der Waals surface area contributed by atoms with Crippen LogP contribution in [0.2, 0.25) is 5.02 Å². The molecule has 0 unspecified atom stereocenters. The Morgan fingerprint density at radius 2 is 1.72 bits per heavy atom. The molecule has 0 heterocycles. The Kier molecular flexibility index (Phi) is 6.68. The van der Waals surface area contributed by atoms with Gasteiger partial charge in [-0.1, -0.05) is 60.1 Å². The smallest absolute Gasteiger partial charge is 0.271 e. The second kappa shape index (κ2) is 9.98. The Bertz CT molecular complexity index is 1260. The molecular weight excluding hydrogens is 424 g/mol. The van der Waals surface area contributed by atoms with E-state index in [9.17, 15) is 4.79 Å². The molecule has 4 rings (SSSR count). The van der Waals surface area contributed by atoms with Gasteiger partial charge in [0, 0.05) is 16.1 Å². The molecule has 32 heavy (non-hydrogen) atoms. The Morgan fingerprint density at radius 3 is 2.53 bits per heavy atom. The van der Waals surface area contributed by atoms with Gasteiger partial charge >= 0.3 is 0 Å². The van der Waals surface area contributed by atoms with Crippen LogP contribution in [0.3, 0.4) is 0 Å². The largest absolute Gasteiger partial charge is 0.493 e. The van der Waals surface area contributed by atoms with Crippen LogP contribution in [0, 0.1) is 0 Å². The van der Waals surface area contributed by atoms with Gasteiger partial charge in [0.1, 0.15) is 6.61 Å². The van der Waals surface area contributed by atoms with Crippen LogP contribution in [0.1, 0.15) is 21.5 Å². The first-order valence-corrected chi connectivity index (χ1v) is 10.4. The lowest BCUT2D eigenvalue weighted by Crippen LogP contribution is -2.17. The number of hydrazone groups is 1. The van der Waals surface area contributed by atoms with Crippen molar-refractivity contribution in [1.82, 2.24) is 5.43 Å². The highest BCUT2D eigenvalue weighted by Gasteiger charge is 2.11. The monoisotopic (exact) mass is 444 g/mol. The van der Waals surface area contributed by atoms with Crippen molar-refractivity contribution >= 4 is 34.5 Å². The molecule has 160 valence electrons. The summed E-state index contributed by atoms with van der Waals surface area (Å²) >= 11 is 5.87. The van der Waals surface area contributed by atoms with E-state index < -0.39 is 0 Å². The van der Waals surface area contributed by atoms with Gasteiger partial charge in [-0.3, -0.25) is 4.79 Å². The van der Waals surface area contributed by atoms with E-state index in [2.05, 4.69) is 28.7 Å². The number of halogens is 1. The van der Waals surface area contributed by atoms with Crippen LogP contribution in [0.15, 0.2) is 90.0 Å². The number of carbonyl (C=O) groups is 1. The summed E-state index contributed by atoms with van der Waals surface area (Å²) in [7, 11) is 1.59. The third kappa shape index (κ3) is 4.90. The standard InChI is InChI=1S/C26H21ClN2O3/c1-31-24-11-5-8-20(16-28-29-26(30)19-12-14-22(27)15-13-19)25(24)32-17-21-9-4-7-18-6-2-3-10-23(18)21/h2-16H,17H2,1H3,(H,29,30)/b28-16-. The minimum absolute atomic E-state index is 0.334. The normalized spacial score (nSPS) is 10.9. The molecule has 5 nitrogen and oxygen atoms in total. The van der Waals surface area contributed by atoms with Crippen LogP contribution >= 0.6 is 11.6 Å². The first-order chi connectivity index (χ1) is 15.7. The van der Waals surface area contributed by atoms with Gasteiger partial charge in [-0.2, -0.15) is 5.10 Å². The predicted octanol–water partition coefficient (Wildman–Crippen LogP) is 5.84. The van der Waals surface area contributed by atoms with Gasteiger partial charge in [-0.15, -0.1) is 0 Å². The lowest BCUT2D eigenvalue weighted by Gasteiger charge is -2.14. The van der Waals surface area contributed by atoms with Gasteiger partial charge in [0.2, 0.25) is 0 Å². The van der Waals surface area contributed by atoms with Crippen LogP contribution in [0.25, 0.3) is 10.8 Å². The Morgan fingerprint density at radius 1 is 0.969 bits per heavy atom. The van der Waals surface area contributed by atoms with Gasteiger partial charge < -0.3 is 9.47 Å². The summed E-state index contributed by atoms with van der Waals surface area (Å²) in [5.41, 5.74) is 4.73. The number of para-hydroxylation sites is 1. The molecule has 0 saturated heterocycles. The number of nitrogens with zero attached hydrogens (tertiary/aromatic N) is 1. The van der Waals surface area contributed by atoms with E-state index in [-0.39, 0.29) is 5.91 Å². The number of methoxy groups -OCH3 is 1. The first-order valence-electron chi connectivity index (χ1n) is 10.0. The maximum absolute atomic E-state index is 12.3. The second-order valence-electron chi connectivity index (χ2n) is 7.01. The lowest BCUT2D eigenvalue weighted by molar-refractivity contribution is 0.0955. The number of hydrogen-bond acceptors (Lipinski definition) is 4. The number of carbonyl (C=O) groups excluding carboxylic acids is 1. The fraction of sp³-hybridized carbons (Fsp3) is 0.0769. The van der Waals surface area contributed by atoms with Crippen molar-refractivity contribution in [3.05, 3.63) is 107 Å². The van der Waals surface area contributed by atoms with Gasteiger partial charge in [0.15, 0.2) is 11.5 Å². The Hall–Kier alpha value is -3.83. The average Bonchev–Trinajstić information content (AvgIpc) is 2.83. The summed E-state index contributed by atoms with van der Waals surface area (Å²) in [6.45, 7) is 0.361. The average molecular weight is 445 g/mol. The van der Waals surface area contributed by atoms with Crippen molar-refractivity contribution in [2.45, 2.75) is 6.61 Å². The molecule has 4 aromatic carbocycles. The highest BCUT2D eigenvalue weighted by Crippen LogP contribution is 2.31. The second-order valence-corrected chi connectivity index (χ2v) is 7.45. The summed E-state index contributed by atoms with van der Waals surface area (Å²) < 4.78 is 11.6. The zero-order chi connectivity index (χ0) is 22.3. The van der Waals surface area contributed by atoms with Crippen LogP contribution in [0.5, 0.6) is 11.5 Å². The van der Waals surface area contributed by atoms with Crippen molar-refractivity contribution in [3.63, 3.8) is 0 Å². The van der Waals surface area contributed by atoms with E-state index >= 15 is 0 Å². The number of ether oxygens (including phenoxy) is 2. The maximum atomic E-state index is 12.3. The van der Waals surface area contributed by atoms with Crippen LogP contribution in [-0.2, 0) is 6.61 Å². The van der Waals surface area contributed by atoms with Crippen LogP contribution < -0.4 is 14.9 Å². The molecule has 0 aromatic heterocycles. The quantitative estimate of drug-likeness (QED) is 0.287. The van der Waals surface area contributed by atoms with Crippen LogP contribution in [0.4, 0.5) is 0 Å². The zero-order valence-corrected chi connectivity index (χ0v) is 18.2. The highest BCUT2D eigenvalue weighted by molar-refractivity contribution is 6.30. The molecule has 0 aliphatic heterocycles.